The molecule has 5 rings (SSSR count). The minimum atomic E-state index is -0.105. The second-order valence-corrected chi connectivity index (χ2v) is 9.09. The Balaban J connectivity index is 1.59. The van der Waals surface area contributed by atoms with Gasteiger partial charge in [-0.2, -0.15) is 0 Å². The van der Waals surface area contributed by atoms with Gasteiger partial charge in [-0.25, -0.2) is 0 Å². The quantitative estimate of drug-likeness (QED) is 0.379. The lowest BCUT2D eigenvalue weighted by Crippen LogP contribution is -2.43. The zero-order valence-electron chi connectivity index (χ0n) is 20.1. The van der Waals surface area contributed by atoms with Gasteiger partial charge in [-0.3, -0.25) is 14.6 Å². The van der Waals surface area contributed by atoms with Gasteiger partial charge < -0.3 is 15.5 Å². The molecule has 0 radical (unpaired) electrons. The summed E-state index contributed by atoms with van der Waals surface area (Å²) in [6.07, 6.45) is 2.58. The number of nitrogens with one attached hydrogen (secondary N) is 2. The van der Waals surface area contributed by atoms with Crippen LogP contribution in [0.2, 0.25) is 0 Å². The van der Waals surface area contributed by atoms with Crippen LogP contribution >= 0.6 is 0 Å². The summed E-state index contributed by atoms with van der Waals surface area (Å²) in [6.45, 7) is 5.21. The number of amides is 2. The lowest BCUT2D eigenvalue weighted by molar-refractivity contribution is -0.117. The predicted octanol–water partition coefficient (Wildman–Crippen LogP) is 6.16. The summed E-state index contributed by atoms with van der Waals surface area (Å²) in [6, 6.07) is 24.2. The fourth-order valence-electron chi connectivity index (χ4n) is 5.05. The first-order valence-electron chi connectivity index (χ1n) is 11.8. The zero-order chi connectivity index (χ0) is 24.5. The third kappa shape index (κ3) is 4.47. The minimum absolute atomic E-state index is 0.00156. The maximum atomic E-state index is 12.6. The summed E-state index contributed by atoms with van der Waals surface area (Å²) < 4.78 is 0. The molecule has 0 aliphatic carbocycles. The van der Waals surface area contributed by atoms with Crippen LogP contribution in [0.4, 0.5) is 17.1 Å². The molecular formula is C29H28N4O2. The van der Waals surface area contributed by atoms with Crippen molar-refractivity contribution in [3.63, 3.8) is 0 Å². The number of nitrogens with zero attached hydrogens (tertiary/aromatic N) is 2. The Hall–Kier alpha value is -4.19. The second-order valence-electron chi connectivity index (χ2n) is 9.09. The first kappa shape index (κ1) is 22.6. The van der Waals surface area contributed by atoms with Crippen LogP contribution in [-0.2, 0) is 9.59 Å². The number of aromatic nitrogens is 1. The number of hydrogen-bond acceptors (Lipinski definition) is 4. The average molecular weight is 465 g/mol. The van der Waals surface area contributed by atoms with E-state index in [-0.39, 0.29) is 23.9 Å². The van der Waals surface area contributed by atoms with E-state index in [0.29, 0.717) is 0 Å². The van der Waals surface area contributed by atoms with Gasteiger partial charge in [-0.1, -0.05) is 36.4 Å². The molecule has 6 heteroatoms. The van der Waals surface area contributed by atoms with Crippen LogP contribution in [0.1, 0.15) is 38.8 Å². The summed E-state index contributed by atoms with van der Waals surface area (Å²) in [5.74, 6) is -0.0731. The van der Waals surface area contributed by atoms with E-state index in [1.165, 1.54) is 6.92 Å². The van der Waals surface area contributed by atoms with Crippen molar-refractivity contribution < 1.29 is 9.59 Å². The van der Waals surface area contributed by atoms with Gasteiger partial charge >= 0.3 is 0 Å². The predicted molar refractivity (Wildman–Crippen MR) is 142 cm³/mol. The summed E-state index contributed by atoms with van der Waals surface area (Å²) in [5, 5.41) is 7.66. The number of hydrogen-bond donors (Lipinski definition) is 2. The first-order chi connectivity index (χ1) is 16.9. The average Bonchev–Trinajstić information content (AvgIpc) is 2.83. The molecular weight excluding hydrogens is 436 g/mol. The van der Waals surface area contributed by atoms with E-state index in [4.69, 9.17) is 0 Å². The lowest BCUT2D eigenvalue weighted by Gasteiger charge is -2.40. The largest absolute Gasteiger partial charge is 0.376 e. The molecule has 1 aromatic heterocycles. The summed E-state index contributed by atoms with van der Waals surface area (Å²) in [7, 11) is 0. The third-order valence-electron chi connectivity index (χ3n) is 6.50. The molecule has 2 N–H and O–H groups in total. The number of carbonyl (C=O) groups is 2. The molecule has 4 aromatic rings. The van der Waals surface area contributed by atoms with Gasteiger partial charge in [-0.05, 0) is 66.4 Å². The van der Waals surface area contributed by atoms with Crippen molar-refractivity contribution in [2.75, 3.05) is 15.5 Å². The van der Waals surface area contributed by atoms with Gasteiger partial charge in [0.05, 0.1) is 17.2 Å². The molecule has 2 heterocycles. The molecule has 176 valence electrons. The Morgan fingerprint density at radius 3 is 2.51 bits per heavy atom. The highest BCUT2D eigenvalue weighted by molar-refractivity contribution is 5.95. The SMILES string of the molecule is CC(=O)Nc1cccc(-c2ccc3c(c2)C(Nc2cccc4cccnc24)CC(C)N3C(C)=O)c1. The van der Waals surface area contributed by atoms with Crippen molar-refractivity contribution >= 4 is 39.8 Å². The smallest absolute Gasteiger partial charge is 0.224 e. The molecule has 1 aliphatic rings. The van der Waals surface area contributed by atoms with Crippen molar-refractivity contribution in [3.05, 3.63) is 84.6 Å². The number of fused-ring (bicyclic) bond motifs is 2. The van der Waals surface area contributed by atoms with Crippen molar-refractivity contribution in [1.82, 2.24) is 4.98 Å². The third-order valence-corrected chi connectivity index (χ3v) is 6.50. The van der Waals surface area contributed by atoms with Crippen molar-refractivity contribution in [2.45, 2.75) is 39.3 Å². The van der Waals surface area contributed by atoms with Crippen LogP contribution in [0.15, 0.2) is 79.0 Å². The molecule has 0 spiro atoms. The van der Waals surface area contributed by atoms with Gasteiger partial charge in [0.1, 0.15) is 0 Å². The van der Waals surface area contributed by atoms with Crippen molar-refractivity contribution in [2.24, 2.45) is 0 Å². The molecule has 0 bridgehead atoms. The van der Waals surface area contributed by atoms with Crippen molar-refractivity contribution in [3.8, 4) is 11.1 Å². The van der Waals surface area contributed by atoms with E-state index < -0.39 is 0 Å². The minimum Gasteiger partial charge on any atom is -0.376 e. The summed E-state index contributed by atoms with van der Waals surface area (Å²) in [4.78, 5) is 30.6. The lowest BCUT2D eigenvalue weighted by atomic mass is 9.88. The molecule has 0 saturated carbocycles. The standard InChI is InChI=1S/C29H28N4O2/c1-18-15-27(32-26-11-5-7-21-9-6-14-30-29(21)26)25-17-23(12-13-28(25)33(18)20(3)35)22-8-4-10-24(16-22)31-19(2)34/h4-14,16-18,27,32H,15H2,1-3H3,(H,31,34). The molecule has 6 nitrogen and oxygen atoms in total. The summed E-state index contributed by atoms with van der Waals surface area (Å²) >= 11 is 0. The normalized spacial score (nSPS) is 17.1. The number of anilines is 3. The van der Waals surface area contributed by atoms with Crippen LogP contribution < -0.4 is 15.5 Å². The highest BCUT2D eigenvalue weighted by atomic mass is 16.2. The van der Waals surface area contributed by atoms with Crippen molar-refractivity contribution in [1.29, 1.82) is 0 Å². The second kappa shape index (κ2) is 9.22. The van der Waals surface area contributed by atoms with E-state index in [9.17, 15) is 9.59 Å². The number of para-hydroxylation sites is 1. The van der Waals surface area contributed by atoms with Gasteiger partial charge in [0.25, 0.3) is 0 Å². The van der Waals surface area contributed by atoms with Gasteiger partial charge in [0.2, 0.25) is 11.8 Å². The Labute approximate surface area is 205 Å². The Bertz CT molecular complexity index is 1430. The molecule has 1 aliphatic heterocycles. The molecule has 0 saturated heterocycles. The van der Waals surface area contributed by atoms with Crippen LogP contribution in [0.3, 0.4) is 0 Å². The number of carbonyl (C=O) groups excluding carboxylic acids is 2. The van der Waals surface area contributed by atoms with Crippen LogP contribution in [0, 0.1) is 0 Å². The highest BCUT2D eigenvalue weighted by Gasteiger charge is 2.33. The summed E-state index contributed by atoms with van der Waals surface area (Å²) in [5.41, 5.74) is 6.66. The molecule has 2 amide bonds. The van der Waals surface area contributed by atoms with E-state index in [2.05, 4.69) is 46.8 Å². The van der Waals surface area contributed by atoms with E-state index in [0.717, 1.165) is 51.1 Å². The van der Waals surface area contributed by atoms with Crippen LogP contribution in [0.25, 0.3) is 22.0 Å². The highest BCUT2D eigenvalue weighted by Crippen LogP contribution is 2.42. The monoisotopic (exact) mass is 464 g/mol. The van der Waals surface area contributed by atoms with Gasteiger partial charge in [0, 0.05) is 42.8 Å². The van der Waals surface area contributed by atoms with Gasteiger partial charge in [-0.15, -0.1) is 0 Å². The van der Waals surface area contributed by atoms with Crippen LogP contribution in [0.5, 0.6) is 0 Å². The van der Waals surface area contributed by atoms with E-state index >= 15 is 0 Å². The van der Waals surface area contributed by atoms with Gasteiger partial charge in [0.15, 0.2) is 0 Å². The van der Waals surface area contributed by atoms with Crippen LogP contribution in [-0.4, -0.2) is 22.8 Å². The molecule has 2 atom stereocenters. The topological polar surface area (TPSA) is 74.3 Å². The Morgan fingerprint density at radius 1 is 0.943 bits per heavy atom. The zero-order valence-corrected chi connectivity index (χ0v) is 20.1. The molecule has 35 heavy (non-hydrogen) atoms. The van der Waals surface area contributed by atoms with E-state index in [1.807, 2.05) is 59.6 Å². The number of pyridine rings is 1. The Kier molecular flexibility index (Phi) is 5.95. The van der Waals surface area contributed by atoms with E-state index in [1.54, 1.807) is 6.92 Å². The fourth-order valence-corrected chi connectivity index (χ4v) is 5.05. The molecule has 2 unspecified atom stereocenters. The first-order valence-corrected chi connectivity index (χ1v) is 11.8. The maximum Gasteiger partial charge on any atom is 0.224 e. The number of benzene rings is 3. The fraction of sp³-hybridized carbons (Fsp3) is 0.207. The Morgan fingerprint density at radius 2 is 1.71 bits per heavy atom. The number of rotatable bonds is 4. The maximum absolute atomic E-state index is 12.6. The molecule has 3 aromatic carbocycles. The molecule has 0 fully saturated rings.